The van der Waals surface area contributed by atoms with Crippen LogP contribution in [0.25, 0.3) is 5.65 Å². The number of hydrogen-bond donors (Lipinski definition) is 2. The maximum absolute atomic E-state index is 13.0. The van der Waals surface area contributed by atoms with Gasteiger partial charge < -0.3 is 20.1 Å². The maximum Gasteiger partial charge on any atom is 0.361 e. The molecule has 2 unspecified atom stereocenters. The van der Waals surface area contributed by atoms with Crippen LogP contribution < -0.4 is 11.0 Å². The van der Waals surface area contributed by atoms with Crippen LogP contribution in [-0.4, -0.2) is 92.3 Å². The van der Waals surface area contributed by atoms with Gasteiger partial charge in [0.2, 0.25) is 11.8 Å². The summed E-state index contributed by atoms with van der Waals surface area (Å²) in [6.07, 6.45) is 1.04. The Balaban J connectivity index is 1.30. The number of carbonyl (C=O) groups excluding carboxylic acids is 3. The minimum atomic E-state index is -1.91. The van der Waals surface area contributed by atoms with E-state index in [4.69, 9.17) is 16.3 Å². The number of imidazole rings is 1. The zero-order chi connectivity index (χ0) is 28.6. The van der Waals surface area contributed by atoms with Crippen molar-refractivity contribution < 1.29 is 33.2 Å². The average Bonchev–Trinajstić information content (AvgIpc) is 3.37. The fourth-order valence-electron chi connectivity index (χ4n) is 4.42. The highest BCUT2D eigenvalue weighted by Crippen LogP contribution is 2.34. The Morgan fingerprint density at radius 3 is 2.62 bits per heavy atom. The lowest BCUT2D eigenvalue weighted by Gasteiger charge is -2.50. The number of halogens is 1. The number of carboxylic acids is 1. The van der Waals surface area contributed by atoms with Crippen molar-refractivity contribution in [1.29, 1.82) is 0 Å². The minimum absolute atomic E-state index is 0.0168. The van der Waals surface area contributed by atoms with Gasteiger partial charge in [-0.3, -0.25) is 13.8 Å². The molecule has 17 heteroatoms. The van der Waals surface area contributed by atoms with Gasteiger partial charge in [0.25, 0.3) is 0 Å². The van der Waals surface area contributed by atoms with Crippen molar-refractivity contribution in [2.45, 2.75) is 30.4 Å². The van der Waals surface area contributed by atoms with Crippen LogP contribution in [-0.2, 0) is 42.9 Å². The lowest BCUT2D eigenvalue weighted by atomic mass is 9.98. The second-order valence-corrected chi connectivity index (χ2v) is 10.5. The van der Waals surface area contributed by atoms with E-state index in [1.54, 1.807) is 30.3 Å². The lowest BCUT2D eigenvalue weighted by molar-refractivity contribution is -0.160. The molecule has 40 heavy (non-hydrogen) atoms. The van der Waals surface area contributed by atoms with Crippen LogP contribution in [0.1, 0.15) is 16.1 Å². The van der Waals surface area contributed by atoms with Gasteiger partial charge in [0, 0.05) is 16.9 Å². The fourth-order valence-corrected chi connectivity index (χ4v) is 6.11. The molecule has 15 nitrogen and oxygen atoms in total. The predicted octanol–water partition coefficient (Wildman–Crippen LogP) is -1.32. The number of β-lactam (4-membered cyclic amide) rings is 1. The third kappa shape index (κ3) is 4.86. The molecule has 0 bridgehead atoms. The first-order valence-corrected chi connectivity index (χ1v) is 13.5. The number of hydrogen-bond acceptors (Lipinski definition) is 10. The molecule has 2 aliphatic rings. The Morgan fingerprint density at radius 1 is 1.18 bits per heavy atom. The summed E-state index contributed by atoms with van der Waals surface area (Å²) in [5, 5.41) is 19.9. The van der Waals surface area contributed by atoms with Crippen LogP contribution in [0, 0.1) is 0 Å². The van der Waals surface area contributed by atoms with Gasteiger partial charge in [-0.15, -0.1) is 16.7 Å². The Morgan fingerprint density at radius 2 is 1.93 bits per heavy atom. The van der Waals surface area contributed by atoms with Gasteiger partial charge in [0.05, 0.1) is 23.8 Å². The van der Waals surface area contributed by atoms with Gasteiger partial charge in [-0.05, 0) is 5.56 Å². The van der Waals surface area contributed by atoms with E-state index in [2.05, 4.69) is 20.6 Å². The number of carboxylic acid groups (broad SMARTS) is 1. The van der Waals surface area contributed by atoms with Crippen molar-refractivity contribution in [3.8, 4) is 0 Å². The summed E-state index contributed by atoms with van der Waals surface area (Å²) in [5.41, 5.74) is -0.591. The third-order valence-corrected chi connectivity index (χ3v) is 7.93. The monoisotopic (exact) mass is 589 g/mol. The van der Waals surface area contributed by atoms with E-state index >= 15 is 0 Å². The molecule has 2 aromatic heterocycles. The van der Waals surface area contributed by atoms with Gasteiger partial charge in [-0.25, -0.2) is 23.8 Å². The topological polar surface area (TPSA) is 195 Å². The Hall–Kier alpha value is -4.44. The molecule has 1 aromatic carbocycles. The number of aliphatic carboxylic acids is 1. The molecule has 2 aliphatic heterocycles. The molecule has 3 aromatic rings. The van der Waals surface area contributed by atoms with Crippen molar-refractivity contribution in [3.63, 3.8) is 0 Å². The smallest absolute Gasteiger partial charge is 0.361 e. The minimum Gasteiger partial charge on any atom is -0.479 e. The van der Waals surface area contributed by atoms with Gasteiger partial charge in [-0.1, -0.05) is 35.5 Å². The standard InChI is InChI=1S/C23H20ClN7O8S/c24-6-7-30-23(37)29-11-25-15(18(29)27-28-30)22(36)39-9-13-10-40(38)20-16(19(33)31(20)17(13)21(34)35)26-14(32)8-12-4-2-1-3-5-12/h1-5,10-11,16-17,20H,6-9H2,(H,26,32)(H,34,35)/t16-,17?,20-,40?/m1/s1. The predicted molar refractivity (Wildman–Crippen MR) is 136 cm³/mol. The van der Waals surface area contributed by atoms with E-state index in [9.17, 15) is 33.3 Å². The first-order chi connectivity index (χ1) is 19.2. The number of fused-ring (bicyclic) bond motifs is 2. The SMILES string of the molecule is O=C(Cc1ccccc1)N[C@@H]1C(=O)N2C(C(=O)O)C(COC(=O)c3ncn4c(=O)n(CCCl)nnc34)=CS(=O)[C@H]12. The molecule has 0 aliphatic carbocycles. The largest absolute Gasteiger partial charge is 0.479 e. The highest BCUT2D eigenvalue weighted by atomic mass is 35.5. The Kier molecular flexibility index (Phi) is 7.44. The molecule has 1 saturated heterocycles. The summed E-state index contributed by atoms with van der Waals surface area (Å²) >= 11 is 5.63. The van der Waals surface area contributed by atoms with Crippen molar-refractivity contribution in [2.24, 2.45) is 0 Å². The van der Waals surface area contributed by atoms with E-state index in [1.807, 2.05) is 0 Å². The van der Waals surface area contributed by atoms with E-state index in [0.29, 0.717) is 5.56 Å². The summed E-state index contributed by atoms with van der Waals surface area (Å²) < 4.78 is 20.1. The highest BCUT2D eigenvalue weighted by Gasteiger charge is 2.58. The van der Waals surface area contributed by atoms with Gasteiger partial charge in [-0.2, -0.15) is 4.68 Å². The Labute approximate surface area is 231 Å². The number of amides is 2. The van der Waals surface area contributed by atoms with Crippen molar-refractivity contribution in [2.75, 3.05) is 12.5 Å². The molecule has 4 heterocycles. The van der Waals surface area contributed by atoms with Crippen LogP contribution >= 0.6 is 11.6 Å². The van der Waals surface area contributed by atoms with Gasteiger partial charge in [0.1, 0.15) is 24.3 Å². The number of nitrogens with one attached hydrogen (secondary N) is 1. The molecule has 4 atom stereocenters. The quantitative estimate of drug-likeness (QED) is 0.171. The molecular weight excluding hydrogens is 570 g/mol. The summed E-state index contributed by atoms with van der Waals surface area (Å²) in [5.74, 6) is -3.60. The summed E-state index contributed by atoms with van der Waals surface area (Å²) in [4.78, 5) is 67.3. The summed E-state index contributed by atoms with van der Waals surface area (Å²) in [7, 11) is -1.91. The molecule has 0 saturated carbocycles. The second kappa shape index (κ2) is 11.0. The number of ether oxygens (including phenoxy) is 1. The lowest BCUT2D eigenvalue weighted by Crippen LogP contribution is -2.76. The number of nitrogens with zero attached hydrogens (tertiary/aromatic N) is 6. The number of aryl methyl sites for hydroxylation is 1. The zero-order valence-corrected chi connectivity index (χ0v) is 21.9. The molecule has 0 spiro atoms. The van der Waals surface area contributed by atoms with E-state index in [0.717, 1.165) is 25.7 Å². The number of esters is 1. The normalized spacial score (nSPS) is 21.8. The fraction of sp³-hybridized carbons (Fsp3) is 0.304. The number of rotatable bonds is 9. The van der Waals surface area contributed by atoms with Gasteiger partial charge >= 0.3 is 17.6 Å². The van der Waals surface area contributed by atoms with Crippen molar-refractivity contribution in [3.05, 3.63) is 69.4 Å². The third-order valence-electron chi connectivity index (χ3n) is 6.25. The number of carbonyl (C=O) groups is 4. The average molecular weight is 590 g/mol. The van der Waals surface area contributed by atoms with Crippen LogP contribution in [0.3, 0.4) is 0 Å². The van der Waals surface area contributed by atoms with Crippen LogP contribution in [0.2, 0.25) is 0 Å². The van der Waals surface area contributed by atoms with Gasteiger partial charge in [0.15, 0.2) is 17.4 Å². The summed E-state index contributed by atoms with van der Waals surface area (Å²) in [6, 6.07) is 6.03. The molecule has 2 N–H and O–H groups in total. The van der Waals surface area contributed by atoms with Crippen LogP contribution in [0.4, 0.5) is 0 Å². The molecule has 2 amide bonds. The van der Waals surface area contributed by atoms with E-state index < -0.39 is 64.3 Å². The first-order valence-electron chi connectivity index (χ1n) is 11.7. The van der Waals surface area contributed by atoms with E-state index in [1.165, 1.54) is 0 Å². The van der Waals surface area contributed by atoms with Crippen molar-refractivity contribution >= 4 is 51.8 Å². The second-order valence-electron chi connectivity index (χ2n) is 8.75. The molecule has 208 valence electrons. The van der Waals surface area contributed by atoms with Crippen molar-refractivity contribution in [1.82, 2.24) is 34.6 Å². The van der Waals surface area contributed by atoms with E-state index in [-0.39, 0.29) is 35.8 Å². The molecular formula is C23H20ClN7O8S. The van der Waals surface area contributed by atoms with Crippen LogP contribution in [0.15, 0.2) is 52.4 Å². The number of alkyl halides is 1. The molecule has 5 rings (SSSR count). The summed E-state index contributed by atoms with van der Waals surface area (Å²) in [6.45, 7) is -0.560. The molecule has 0 radical (unpaired) electrons. The maximum atomic E-state index is 13.0. The first kappa shape index (κ1) is 27.1. The molecule has 1 fully saturated rings. The van der Waals surface area contributed by atoms with Crippen LogP contribution in [0.5, 0.6) is 0 Å². The number of benzene rings is 1. The highest BCUT2D eigenvalue weighted by molar-refractivity contribution is 7.88. The Bertz CT molecular complexity index is 1640. The number of aromatic nitrogens is 5. The zero-order valence-electron chi connectivity index (χ0n) is 20.4.